The van der Waals surface area contributed by atoms with Crippen LogP contribution in [0.25, 0.3) is 0 Å². The Morgan fingerprint density at radius 3 is 2.80 bits per heavy atom. The highest BCUT2D eigenvalue weighted by Gasteiger charge is 2.26. The topological polar surface area (TPSA) is 55.0 Å². The molecule has 1 heterocycles. The van der Waals surface area contributed by atoms with Crippen LogP contribution in [0.15, 0.2) is 18.6 Å². The maximum absolute atomic E-state index is 6.13. The van der Waals surface area contributed by atoms with Crippen LogP contribution in [0.1, 0.15) is 25.7 Å². The second-order valence-corrected chi connectivity index (χ2v) is 4.19. The number of hydrogen-bond donors (Lipinski definition) is 1. The van der Waals surface area contributed by atoms with Crippen molar-refractivity contribution in [2.75, 3.05) is 11.9 Å². The molecule has 1 aromatic heterocycles. The summed E-state index contributed by atoms with van der Waals surface area (Å²) in [7, 11) is 2.06. The fourth-order valence-electron chi connectivity index (χ4n) is 2.26. The molecule has 2 atom stereocenters. The zero-order chi connectivity index (χ0) is 10.7. The van der Waals surface area contributed by atoms with Crippen molar-refractivity contribution in [1.29, 1.82) is 0 Å². The van der Waals surface area contributed by atoms with Gasteiger partial charge in [-0.25, -0.2) is 4.98 Å². The lowest BCUT2D eigenvalue weighted by Gasteiger charge is -2.36. The molecular formula is C11H18N4. The molecule has 0 bridgehead atoms. The lowest BCUT2D eigenvalue weighted by molar-refractivity contribution is 0.372. The largest absolute Gasteiger partial charge is 0.354 e. The van der Waals surface area contributed by atoms with E-state index < -0.39 is 0 Å². The van der Waals surface area contributed by atoms with Crippen molar-refractivity contribution in [2.24, 2.45) is 5.73 Å². The van der Waals surface area contributed by atoms with Crippen molar-refractivity contribution in [3.63, 3.8) is 0 Å². The minimum atomic E-state index is 0.269. The summed E-state index contributed by atoms with van der Waals surface area (Å²) in [6.45, 7) is 0. The van der Waals surface area contributed by atoms with Crippen LogP contribution >= 0.6 is 0 Å². The second-order valence-electron chi connectivity index (χ2n) is 4.19. The molecule has 1 saturated carbocycles. The fourth-order valence-corrected chi connectivity index (χ4v) is 2.26. The Balaban J connectivity index is 2.09. The predicted molar refractivity (Wildman–Crippen MR) is 60.7 cm³/mol. The average Bonchev–Trinajstić information content (AvgIpc) is 2.30. The van der Waals surface area contributed by atoms with Gasteiger partial charge in [0.25, 0.3) is 0 Å². The number of nitrogens with two attached hydrogens (primary N) is 1. The molecule has 0 aliphatic heterocycles. The van der Waals surface area contributed by atoms with Gasteiger partial charge in [-0.05, 0) is 12.8 Å². The summed E-state index contributed by atoms with van der Waals surface area (Å²) in [5, 5.41) is 0. The summed E-state index contributed by atoms with van der Waals surface area (Å²) in [5.41, 5.74) is 6.13. The van der Waals surface area contributed by atoms with Gasteiger partial charge in [-0.3, -0.25) is 4.98 Å². The Bertz CT molecular complexity index is 301. The van der Waals surface area contributed by atoms with Crippen molar-refractivity contribution >= 4 is 5.82 Å². The van der Waals surface area contributed by atoms with E-state index >= 15 is 0 Å². The molecule has 0 spiro atoms. The Morgan fingerprint density at radius 2 is 2.13 bits per heavy atom. The van der Waals surface area contributed by atoms with Crippen LogP contribution in [0, 0.1) is 0 Å². The molecule has 4 nitrogen and oxygen atoms in total. The number of anilines is 1. The van der Waals surface area contributed by atoms with E-state index in [1.807, 2.05) is 0 Å². The van der Waals surface area contributed by atoms with E-state index in [0.717, 1.165) is 18.7 Å². The van der Waals surface area contributed by atoms with Crippen LogP contribution in [-0.4, -0.2) is 29.1 Å². The van der Waals surface area contributed by atoms with Gasteiger partial charge in [0.05, 0.1) is 6.20 Å². The molecule has 15 heavy (non-hydrogen) atoms. The highest BCUT2D eigenvalue weighted by atomic mass is 15.2. The fraction of sp³-hybridized carbons (Fsp3) is 0.636. The van der Waals surface area contributed by atoms with Crippen molar-refractivity contribution in [1.82, 2.24) is 9.97 Å². The summed E-state index contributed by atoms with van der Waals surface area (Å²) < 4.78 is 0. The first-order valence-corrected chi connectivity index (χ1v) is 5.53. The van der Waals surface area contributed by atoms with Gasteiger partial charge in [0, 0.05) is 31.5 Å². The monoisotopic (exact) mass is 206 g/mol. The Labute approximate surface area is 90.5 Å². The Morgan fingerprint density at radius 1 is 1.33 bits per heavy atom. The van der Waals surface area contributed by atoms with E-state index in [1.54, 1.807) is 18.6 Å². The molecule has 1 aliphatic carbocycles. The smallest absolute Gasteiger partial charge is 0.147 e. The van der Waals surface area contributed by atoms with E-state index in [0.29, 0.717) is 6.04 Å². The first kappa shape index (κ1) is 10.4. The summed E-state index contributed by atoms with van der Waals surface area (Å²) in [4.78, 5) is 10.5. The van der Waals surface area contributed by atoms with Crippen molar-refractivity contribution in [3.05, 3.63) is 18.6 Å². The maximum Gasteiger partial charge on any atom is 0.147 e. The van der Waals surface area contributed by atoms with E-state index in [1.165, 1.54) is 12.8 Å². The molecule has 2 unspecified atom stereocenters. The molecule has 1 aliphatic rings. The summed E-state index contributed by atoms with van der Waals surface area (Å²) >= 11 is 0. The molecule has 0 amide bonds. The molecule has 0 radical (unpaired) electrons. The molecule has 2 rings (SSSR count). The lowest BCUT2D eigenvalue weighted by atomic mass is 9.90. The molecule has 1 aromatic rings. The summed E-state index contributed by atoms with van der Waals surface area (Å²) in [6, 6.07) is 0.682. The van der Waals surface area contributed by atoms with Crippen molar-refractivity contribution < 1.29 is 0 Å². The quantitative estimate of drug-likeness (QED) is 0.789. The van der Waals surface area contributed by atoms with Gasteiger partial charge in [0.2, 0.25) is 0 Å². The normalized spacial score (nSPS) is 26.3. The van der Waals surface area contributed by atoms with Crippen LogP contribution in [-0.2, 0) is 0 Å². The van der Waals surface area contributed by atoms with Crippen LogP contribution in [0.2, 0.25) is 0 Å². The zero-order valence-corrected chi connectivity index (χ0v) is 9.13. The Hall–Kier alpha value is -1.16. The molecule has 1 fully saturated rings. The van der Waals surface area contributed by atoms with Crippen LogP contribution in [0.4, 0.5) is 5.82 Å². The van der Waals surface area contributed by atoms with Gasteiger partial charge < -0.3 is 10.6 Å². The van der Waals surface area contributed by atoms with Crippen LogP contribution in [0.3, 0.4) is 0 Å². The summed E-state index contributed by atoms with van der Waals surface area (Å²) in [6.07, 6.45) is 10.0. The molecular weight excluding hydrogens is 188 g/mol. The van der Waals surface area contributed by atoms with Crippen molar-refractivity contribution in [2.45, 2.75) is 37.8 Å². The first-order valence-electron chi connectivity index (χ1n) is 5.53. The lowest BCUT2D eigenvalue weighted by Crippen LogP contribution is -2.48. The van der Waals surface area contributed by atoms with Gasteiger partial charge >= 0.3 is 0 Å². The highest BCUT2D eigenvalue weighted by molar-refractivity contribution is 5.36. The van der Waals surface area contributed by atoms with E-state index in [-0.39, 0.29) is 6.04 Å². The second kappa shape index (κ2) is 4.57. The molecule has 82 valence electrons. The molecule has 0 saturated heterocycles. The molecule has 4 heteroatoms. The third kappa shape index (κ3) is 2.26. The summed E-state index contributed by atoms with van der Waals surface area (Å²) in [5.74, 6) is 0.917. The number of nitrogens with zero attached hydrogens (tertiary/aromatic N) is 3. The molecule has 2 N–H and O–H groups in total. The molecule has 0 aromatic carbocycles. The third-order valence-electron chi connectivity index (χ3n) is 3.19. The van der Waals surface area contributed by atoms with E-state index in [9.17, 15) is 0 Å². The van der Waals surface area contributed by atoms with Gasteiger partial charge in [-0.15, -0.1) is 0 Å². The standard InChI is InChI=1S/C11H18N4/c1-15(11-8-13-6-7-14-11)10-5-3-2-4-9(10)12/h6-10H,2-5,12H2,1H3. The van der Waals surface area contributed by atoms with E-state index in [4.69, 9.17) is 5.73 Å². The van der Waals surface area contributed by atoms with Gasteiger partial charge in [0.15, 0.2) is 0 Å². The maximum atomic E-state index is 6.13. The number of likely N-dealkylation sites (N-methyl/N-ethyl adjacent to an activating group) is 1. The number of aromatic nitrogens is 2. The predicted octanol–water partition coefficient (Wildman–Crippen LogP) is 1.18. The van der Waals surface area contributed by atoms with Crippen molar-refractivity contribution in [3.8, 4) is 0 Å². The minimum absolute atomic E-state index is 0.269. The SMILES string of the molecule is CN(c1cnccn1)C1CCCCC1N. The number of hydrogen-bond acceptors (Lipinski definition) is 4. The zero-order valence-electron chi connectivity index (χ0n) is 9.13. The Kier molecular flexibility index (Phi) is 3.16. The van der Waals surface area contributed by atoms with Gasteiger partial charge in [-0.2, -0.15) is 0 Å². The van der Waals surface area contributed by atoms with Gasteiger partial charge in [-0.1, -0.05) is 12.8 Å². The average molecular weight is 206 g/mol. The third-order valence-corrected chi connectivity index (χ3v) is 3.19. The minimum Gasteiger partial charge on any atom is -0.354 e. The number of rotatable bonds is 2. The highest BCUT2D eigenvalue weighted by Crippen LogP contribution is 2.23. The first-order chi connectivity index (χ1) is 7.29. The van der Waals surface area contributed by atoms with Gasteiger partial charge in [0.1, 0.15) is 5.82 Å². The van der Waals surface area contributed by atoms with Crippen LogP contribution < -0.4 is 10.6 Å². The van der Waals surface area contributed by atoms with E-state index in [2.05, 4.69) is 21.9 Å². The van der Waals surface area contributed by atoms with Crippen LogP contribution in [0.5, 0.6) is 0 Å².